The molecule has 2 rings (SSSR count). The molecule has 2 aromatic rings. The SMILES string of the molecule is O=C(O)CC(O)Cc1ccc(-c2ccccc2)cc1. The third kappa shape index (κ3) is 3.93. The molecule has 1 unspecified atom stereocenters. The Balaban J connectivity index is 2.05. The van der Waals surface area contributed by atoms with Crippen molar-refractivity contribution in [2.75, 3.05) is 0 Å². The normalized spacial score (nSPS) is 12.1. The van der Waals surface area contributed by atoms with Crippen molar-refractivity contribution in [1.82, 2.24) is 0 Å². The van der Waals surface area contributed by atoms with Crippen LogP contribution in [-0.4, -0.2) is 22.3 Å². The molecule has 0 saturated heterocycles. The van der Waals surface area contributed by atoms with Gasteiger partial charge in [0.2, 0.25) is 0 Å². The van der Waals surface area contributed by atoms with E-state index in [1.807, 2.05) is 54.6 Å². The van der Waals surface area contributed by atoms with Gasteiger partial charge in [-0.3, -0.25) is 4.79 Å². The third-order valence-electron chi connectivity index (χ3n) is 2.94. The van der Waals surface area contributed by atoms with Crippen LogP contribution in [0.2, 0.25) is 0 Å². The number of aliphatic hydroxyl groups excluding tert-OH is 1. The summed E-state index contributed by atoms with van der Waals surface area (Å²) in [5.74, 6) is -0.978. The van der Waals surface area contributed by atoms with Crippen LogP contribution >= 0.6 is 0 Å². The first-order valence-electron chi connectivity index (χ1n) is 6.19. The van der Waals surface area contributed by atoms with Gasteiger partial charge in [0.1, 0.15) is 0 Å². The van der Waals surface area contributed by atoms with E-state index in [0.29, 0.717) is 6.42 Å². The van der Waals surface area contributed by atoms with E-state index >= 15 is 0 Å². The molecule has 0 radical (unpaired) electrons. The highest BCUT2D eigenvalue weighted by Gasteiger charge is 2.10. The molecule has 0 bridgehead atoms. The van der Waals surface area contributed by atoms with Crippen LogP contribution in [0.5, 0.6) is 0 Å². The molecule has 0 saturated carbocycles. The van der Waals surface area contributed by atoms with Crippen LogP contribution in [0.1, 0.15) is 12.0 Å². The molecule has 0 heterocycles. The quantitative estimate of drug-likeness (QED) is 0.864. The number of rotatable bonds is 5. The monoisotopic (exact) mass is 256 g/mol. The second-order valence-corrected chi connectivity index (χ2v) is 4.52. The number of carboxylic acid groups (broad SMARTS) is 1. The van der Waals surface area contributed by atoms with Crippen LogP contribution in [0, 0.1) is 0 Å². The van der Waals surface area contributed by atoms with Gasteiger partial charge >= 0.3 is 5.97 Å². The van der Waals surface area contributed by atoms with Gasteiger partial charge in [-0.15, -0.1) is 0 Å². The summed E-state index contributed by atoms with van der Waals surface area (Å²) in [6.45, 7) is 0. The predicted octanol–water partition coefficient (Wildman–Crippen LogP) is 2.73. The first-order valence-corrected chi connectivity index (χ1v) is 6.19. The number of carboxylic acids is 1. The molecular weight excluding hydrogens is 240 g/mol. The molecule has 0 fully saturated rings. The van der Waals surface area contributed by atoms with Crippen LogP contribution in [0.3, 0.4) is 0 Å². The molecule has 2 N–H and O–H groups in total. The van der Waals surface area contributed by atoms with Crippen LogP contribution in [0.4, 0.5) is 0 Å². The van der Waals surface area contributed by atoms with Crippen molar-refractivity contribution < 1.29 is 15.0 Å². The fourth-order valence-corrected chi connectivity index (χ4v) is 2.01. The lowest BCUT2D eigenvalue weighted by atomic mass is 10.0. The summed E-state index contributed by atoms with van der Waals surface area (Å²) in [6, 6.07) is 17.8. The highest BCUT2D eigenvalue weighted by molar-refractivity contribution is 5.67. The minimum Gasteiger partial charge on any atom is -0.481 e. The van der Waals surface area contributed by atoms with E-state index in [1.54, 1.807) is 0 Å². The summed E-state index contributed by atoms with van der Waals surface area (Å²) in [5, 5.41) is 18.2. The van der Waals surface area contributed by atoms with E-state index in [0.717, 1.165) is 16.7 Å². The van der Waals surface area contributed by atoms with Gasteiger partial charge in [-0.05, 0) is 23.1 Å². The van der Waals surface area contributed by atoms with Gasteiger partial charge in [0.25, 0.3) is 0 Å². The number of hydrogen-bond donors (Lipinski definition) is 2. The van der Waals surface area contributed by atoms with E-state index in [-0.39, 0.29) is 6.42 Å². The van der Waals surface area contributed by atoms with Gasteiger partial charge in [-0.2, -0.15) is 0 Å². The second kappa shape index (κ2) is 6.16. The summed E-state index contributed by atoms with van der Waals surface area (Å²) in [4.78, 5) is 10.5. The Kier molecular flexibility index (Phi) is 4.31. The molecule has 0 aromatic heterocycles. The lowest BCUT2D eigenvalue weighted by Gasteiger charge is -2.08. The Bertz CT molecular complexity index is 532. The molecule has 0 spiro atoms. The third-order valence-corrected chi connectivity index (χ3v) is 2.94. The van der Waals surface area contributed by atoms with Crippen molar-refractivity contribution >= 4 is 5.97 Å². The zero-order valence-corrected chi connectivity index (χ0v) is 10.5. The van der Waals surface area contributed by atoms with E-state index in [2.05, 4.69) is 0 Å². The molecule has 0 aliphatic heterocycles. The van der Waals surface area contributed by atoms with Crippen molar-refractivity contribution in [3.63, 3.8) is 0 Å². The Morgan fingerprint density at radius 2 is 1.53 bits per heavy atom. The molecular formula is C16H16O3. The molecule has 2 aromatic carbocycles. The summed E-state index contributed by atoms with van der Waals surface area (Å²) < 4.78 is 0. The Hall–Kier alpha value is -2.13. The lowest BCUT2D eigenvalue weighted by Crippen LogP contribution is -2.15. The summed E-state index contributed by atoms with van der Waals surface area (Å²) in [5.41, 5.74) is 3.19. The molecule has 3 nitrogen and oxygen atoms in total. The van der Waals surface area contributed by atoms with Crippen LogP contribution in [0.25, 0.3) is 11.1 Å². The van der Waals surface area contributed by atoms with E-state index in [1.165, 1.54) is 0 Å². The second-order valence-electron chi connectivity index (χ2n) is 4.52. The Labute approximate surface area is 112 Å². The standard InChI is InChI=1S/C16H16O3/c17-15(11-16(18)19)10-12-6-8-14(9-7-12)13-4-2-1-3-5-13/h1-9,15,17H,10-11H2,(H,18,19). The molecule has 0 amide bonds. The fourth-order valence-electron chi connectivity index (χ4n) is 2.01. The van der Waals surface area contributed by atoms with E-state index in [4.69, 9.17) is 5.11 Å². The maximum absolute atomic E-state index is 10.5. The highest BCUT2D eigenvalue weighted by atomic mass is 16.4. The topological polar surface area (TPSA) is 57.5 Å². The van der Waals surface area contributed by atoms with E-state index in [9.17, 15) is 9.90 Å². The van der Waals surface area contributed by atoms with Gasteiger partial charge in [0, 0.05) is 0 Å². The Morgan fingerprint density at radius 3 is 2.11 bits per heavy atom. The van der Waals surface area contributed by atoms with Crippen LogP contribution < -0.4 is 0 Å². The minimum absolute atomic E-state index is 0.222. The maximum atomic E-state index is 10.5. The molecule has 98 valence electrons. The summed E-state index contributed by atoms with van der Waals surface area (Å²) in [6.07, 6.45) is -0.693. The van der Waals surface area contributed by atoms with Gasteiger partial charge in [-0.25, -0.2) is 0 Å². The predicted molar refractivity (Wildman–Crippen MR) is 73.8 cm³/mol. The van der Waals surface area contributed by atoms with Gasteiger partial charge < -0.3 is 10.2 Å². The van der Waals surface area contributed by atoms with Crippen molar-refractivity contribution in [3.05, 3.63) is 60.2 Å². The van der Waals surface area contributed by atoms with Crippen molar-refractivity contribution in [3.8, 4) is 11.1 Å². The van der Waals surface area contributed by atoms with E-state index < -0.39 is 12.1 Å². The van der Waals surface area contributed by atoms with Crippen LogP contribution in [0.15, 0.2) is 54.6 Å². The number of aliphatic hydroxyl groups is 1. The summed E-state index contributed by atoms with van der Waals surface area (Å²) in [7, 11) is 0. The number of hydrogen-bond acceptors (Lipinski definition) is 2. The fraction of sp³-hybridized carbons (Fsp3) is 0.188. The molecule has 0 aliphatic rings. The first-order chi connectivity index (χ1) is 9.15. The molecule has 19 heavy (non-hydrogen) atoms. The number of benzene rings is 2. The van der Waals surface area contributed by atoms with Crippen molar-refractivity contribution in [2.45, 2.75) is 18.9 Å². The molecule has 3 heteroatoms. The molecule has 0 aliphatic carbocycles. The maximum Gasteiger partial charge on any atom is 0.305 e. The lowest BCUT2D eigenvalue weighted by molar-refractivity contribution is -0.139. The minimum atomic E-state index is -0.978. The number of carbonyl (C=O) groups is 1. The number of aliphatic carboxylic acids is 1. The highest BCUT2D eigenvalue weighted by Crippen LogP contribution is 2.19. The summed E-state index contributed by atoms with van der Waals surface area (Å²) >= 11 is 0. The Morgan fingerprint density at radius 1 is 0.947 bits per heavy atom. The van der Waals surface area contributed by atoms with Crippen LogP contribution in [-0.2, 0) is 11.2 Å². The van der Waals surface area contributed by atoms with Gasteiger partial charge in [-0.1, -0.05) is 54.6 Å². The molecule has 1 atom stereocenters. The zero-order valence-electron chi connectivity index (χ0n) is 10.5. The first kappa shape index (κ1) is 13.3. The van der Waals surface area contributed by atoms with Crippen molar-refractivity contribution in [2.24, 2.45) is 0 Å². The van der Waals surface area contributed by atoms with Gasteiger partial charge in [0.05, 0.1) is 12.5 Å². The average molecular weight is 256 g/mol. The van der Waals surface area contributed by atoms with Crippen molar-refractivity contribution in [1.29, 1.82) is 0 Å². The average Bonchev–Trinajstić information content (AvgIpc) is 2.39. The van der Waals surface area contributed by atoms with Gasteiger partial charge in [0.15, 0.2) is 0 Å². The largest absolute Gasteiger partial charge is 0.481 e. The smallest absolute Gasteiger partial charge is 0.305 e. The zero-order chi connectivity index (χ0) is 13.7.